The number of carbonyl (C=O) groups is 1. The minimum atomic E-state index is -0.673. The Balaban J connectivity index is 2.03. The van der Waals surface area contributed by atoms with Crippen LogP contribution in [0.5, 0.6) is 0 Å². The fraction of sp³-hybridized carbons (Fsp3) is 0.545. The molecule has 1 aliphatic rings. The molecule has 6 heteroatoms. The second-order valence-corrected chi connectivity index (χ2v) is 7.59. The normalized spacial score (nSPS) is 25.4. The van der Waals surface area contributed by atoms with Gasteiger partial charge in [-0.05, 0) is 57.8 Å². The first-order chi connectivity index (χ1) is 7.99. The summed E-state index contributed by atoms with van der Waals surface area (Å²) < 4.78 is 2.16. The summed E-state index contributed by atoms with van der Waals surface area (Å²) in [5.74, 6) is -0.893. The van der Waals surface area contributed by atoms with Gasteiger partial charge in [0, 0.05) is 21.9 Å². The van der Waals surface area contributed by atoms with Crippen molar-refractivity contribution in [3.05, 3.63) is 19.2 Å². The molecule has 2 rings (SSSR count). The number of nitrogens with zero attached hydrogens (tertiary/aromatic N) is 1. The number of carboxylic acid groups (broad SMARTS) is 1. The van der Waals surface area contributed by atoms with Gasteiger partial charge in [0.1, 0.15) is 0 Å². The molecule has 1 N–H and O–H groups in total. The van der Waals surface area contributed by atoms with Gasteiger partial charge < -0.3 is 5.11 Å². The predicted octanol–water partition coefficient (Wildman–Crippen LogP) is 3.57. The van der Waals surface area contributed by atoms with Crippen LogP contribution < -0.4 is 0 Å². The van der Waals surface area contributed by atoms with Crippen LogP contribution in [0.1, 0.15) is 18.2 Å². The van der Waals surface area contributed by atoms with E-state index in [0.29, 0.717) is 0 Å². The molecule has 1 aromatic heterocycles. The maximum atomic E-state index is 11.0. The van der Waals surface area contributed by atoms with E-state index in [4.69, 9.17) is 5.11 Å². The summed E-state index contributed by atoms with van der Waals surface area (Å²) >= 11 is 8.63. The highest BCUT2D eigenvalue weighted by Crippen LogP contribution is 2.34. The van der Waals surface area contributed by atoms with Gasteiger partial charge in [0.2, 0.25) is 0 Å². The molecule has 1 aliphatic heterocycles. The second kappa shape index (κ2) is 5.38. The van der Waals surface area contributed by atoms with Gasteiger partial charge in [-0.3, -0.25) is 9.69 Å². The lowest BCUT2D eigenvalue weighted by Crippen LogP contribution is -2.32. The van der Waals surface area contributed by atoms with E-state index in [9.17, 15) is 4.79 Å². The number of hydrogen-bond donors (Lipinski definition) is 1. The van der Waals surface area contributed by atoms with E-state index in [1.54, 1.807) is 11.3 Å². The van der Waals surface area contributed by atoms with E-state index in [2.05, 4.69) is 42.8 Å². The van der Waals surface area contributed by atoms with Crippen molar-refractivity contribution in [2.24, 2.45) is 5.92 Å². The first kappa shape index (κ1) is 13.5. The zero-order valence-electron chi connectivity index (χ0n) is 9.32. The lowest BCUT2D eigenvalue weighted by Gasteiger charge is -2.22. The molecule has 1 aromatic rings. The number of carboxylic acids is 1. The SMILES string of the molecule is CC1C(C(=O)O)CCN1Cc1cc(Br)c(Br)s1. The quantitative estimate of drug-likeness (QED) is 0.868. The summed E-state index contributed by atoms with van der Waals surface area (Å²) in [4.78, 5) is 14.5. The Morgan fingerprint density at radius 1 is 1.65 bits per heavy atom. The first-order valence-electron chi connectivity index (χ1n) is 5.39. The molecule has 1 saturated heterocycles. The molecule has 0 aliphatic carbocycles. The van der Waals surface area contributed by atoms with Crippen molar-refractivity contribution in [2.75, 3.05) is 6.54 Å². The highest BCUT2D eigenvalue weighted by atomic mass is 79.9. The zero-order chi connectivity index (χ0) is 12.6. The highest BCUT2D eigenvalue weighted by molar-refractivity contribution is 9.13. The van der Waals surface area contributed by atoms with Crippen molar-refractivity contribution >= 4 is 49.2 Å². The lowest BCUT2D eigenvalue weighted by molar-refractivity contribution is -0.142. The standard InChI is InChI=1S/C11H13Br2NO2S/c1-6-8(11(15)16)2-3-14(6)5-7-4-9(12)10(13)17-7/h4,6,8H,2-3,5H2,1H3,(H,15,16). The fourth-order valence-corrected chi connectivity index (χ4v) is 4.43. The maximum absolute atomic E-state index is 11.0. The van der Waals surface area contributed by atoms with Gasteiger partial charge in [0.25, 0.3) is 0 Å². The third-order valence-corrected chi connectivity index (χ3v) is 6.50. The molecule has 0 saturated carbocycles. The van der Waals surface area contributed by atoms with Crippen LogP contribution in [-0.4, -0.2) is 28.6 Å². The van der Waals surface area contributed by atoms with Gasteiger partial charge in [0.15, 0.2) is 0 Å². The zero-order valence-corrected chi connectivity index (χ0v) is 13.3. The Morgan fingerprint density at radius 2 is 2.35 bits per heavy atom. The molecule has 1 fully saturated rings. The number of likely N-dealkylation sites (tertiary alicyclic amines) is 1. The Labute approximate surface area is 121 Å². The molecule has 0 radical (unpaired) electrons. The number of thiophene rings is 1. The summed E-state index contributed by atoms with van der Waals surface area (Å²) in [5.41, 5.74) is 0. The van der Waals surface area contributed by atoms with Gasteiger partial charge in [-0.25, -0.2) is 0 Å². The van der Waals surface area contributed by atoms with Gasteiger partial charge in [-0.15, -0.1) is 11.3 Å². The van der Waals surface area contributed by atoms with E-state index in [0.717, 1.165) is 27.8 Å². The minimum Gasteiger partial charge on any atom is -0.481 e. The van der Waals surface area contributed by atoms with Crippen LogP contribution in [0.4, 0.5) is 0 Å². The maximum Gasteiger partial charge on any atom is 0.308 e. The van der Waals surface area contributed by atoms with Crippen LogP contribution in [-0.2, 0) is 11.3 Å². The van der Waals surface area contributed by atoms with Gasteiger partial charge in [-0.1, -0.05) is 0 Å². The minimum absolute atomic E-state index is 0.118. The Hall–Kier alpha value is 0.0900. The topological polar surface area (TPSA) is 40.5 Å². The van der Waals surface area contributed by atoms with E-state index in [1.165, 1.54) is 4.88 Å². The molecule has 0 amide bonds. The van der Waals surface area contributed by atoms with Crippen LogP contribution >= 0.6 is 43.2 Å². The van der Waals surface area contributed by atoms with Crippen molar-refractivity contribution in [1.82, 2.24) is 4.90 Å². The molecule has 94 valence electrons. The summed E-state index contributed by atoms with van der Waals surface area (Å²) in [7, 11) is 0. The highest BCUT2D eigenvalue weighted by Gasteiger charge is 2.35. The predicted molar refractivity (Wildman–Crippen MR) is 75.3 cm³/mol. The first-order valence-corrected chi connectivity index (χ1v) is 7.80. The summed E-state index contributed by atoms with van der Waals surface area (Å²) in [6.07, 6.45) is 0.754. The molecular weight excluding hydrogens is 370 g/mol. The van der Waals surface area contributed by atoms with Gasteiger partial charge in [0.05, 0.1) is 9.70 Å². The second-order valence-electron chi connectivity index (χ2n) is 4.28. The summed E-state index contributed by atoms with van der Waals surface area (Å²) in [6, 6.07) is 2.21. The third-order valence-electron chi connectivity index (χ3n) is 3.26. The molecular formula is C11H13Br2NO2S. The molecule has 0 aromatic carbocycles. The average molecular weight is 383 g/mol. The van der Waals surface area contributed by atoms with Crippen LogP contribution in [0, 0.1) is 5.92 Å². The number of aliphatic carboxylic acids is 1. The van der Waals surface area contributed by atoms with Crippen molar-refractivity contribution in [3.63, 3.8) is 0 Å². The molecule has 3 nitrogen and oxygen atoms in total. The van der Waals surface area contributed by atoms with Crippen molar-refractivity contribution in [1.29, 1.82) is 0 Å². The molecule has 2 atom stereocenters. The monoisotopic (exact) mass is 381 g/mol. The Morgan fingerprint density at radius 3 is 2.82 bits per heavy atom. The van der Waals surface area contributed by atoms with Crippen LogP contribution in [0.15, 0.2) is 14.3 Å². The molecule has 0 bridgehead atoms. The summed E-state index contributed by atoms with van der Waals surface area (Å²) in [5, 5.41) is 9.08. The molecule has 17 heavy (non-hydrogen) atoms. The van der Waals surface area contributed by atoms with Crippen LogP contribution in [0.2, 0.25) is 0 Å². The Bertz CT molecular complexity index is 416. The van der Waals surface area contributed by atoms with E-state index < -0.39 is 5.97 Å². The third kappa shape index (κ3) is 2.92. The van der Waals surface area contributed by atoms with Crippen LogP contribution in [0.25, 0.3) is 0 Å². The number of rotatable bonds is 3. The molecule has 2 unspecified atom stereocenters. The average Bonchev–Trinajstić information content (AvgIpc) is 2.74. The smallest absolute Gasteiger partial charge is 0.308 e. The number of halogens is 2. The number of hydrogen-bond acceptors (Lipinski definition) is 3. The van der Waals surface area contributed by atoms with Crippen LogP contribution in [0.3, 0.4) is 0 Å². The lowest BCUT2D eigenvalue weighted by atomic mass is 10.0. The van der Waals surface area contributed by atoms with Gasteiger partial charge >= 0.3 is 5.97 Å². The summed E-state index contributed by atoms with van der Waals surface area (Å²) in [6.45, 7) is 3.70. The van der Waals surface area contributed by atoms with E-state index >= 15 is 0 Å². The van der Waals surface area contributed by atoms with Crippen molar-refractivity contribution < 1.29 is 9.90 Å². The largest absolute Gasteiger partial charge is 0.481 e. The van der Waals surface area contributed by atoms with Crippen molar-refractivity contribution in [2.45, 2.75) is 25.9 Å². The Kier molecular flexibility index (Phi) is 4.28. The molecule has 0 spiro atoms. The van der Waals surface area contributed by atoms with E-state index in [-0.39, 0.29) is 12.0 Å². The van der Waals surface area contributed by atoms with Gasteiger partial charge in [-0.2, -0.15) is 0 Å². The fourth-order valence-electron chi connectivity index (χ4n) is 2.23. The van der Waals surface area contributed by atoms with Crippen molar-refractivity contribution in [3.8, 4) is 0 Å². The molecule has 2 heterocycles. The van der Waals surface area contributed by atoms with E-state index in [1.807, 2.05) is 6.92 Å².